The standard InChI is InChI=1S/C11H13N/c1-8-2-3-9-4-5-11(12)7-10(9)6-8/h2-5,7-8H,6,12H2,1H3. The molecule has 1 aromatic carbocycles. The molecule has 0 radical (unpaired) electrons. The van der Waals surface area contributed by atoms with Crippen LogP contribution in [0.4, 0.5) is 5.69 Å². The highest BCUT2D eigenvalue weighted by Crippen LogP contribution is 2.24. The van der Waals surface area contributed by atoms with E-state index in [2.05, 4.69) is 31.2 Å². The average Bonchev–Trinajstić information content (AvgIpc) is 2.03. The maximum Gasteiger partial charge on any atom is 0.0317 e. The molecule has 1 heteroatoms. The maximum absolute atomic E-state index is 5.70. The van der Waals surface area contributed by atoms with Crippen LogP contribution in [-0.4, -0.2) is 0 Å². The fourth-order valence-electron chi connectivity index (χ4n) is 1.65. The third kappa shape index (κ3) is 1.22. The second kappa shape index (κ2) is 2.67. The Morgan fingerprint density at radius 1 is 1.42 bits per heavy atom. The van der Waals surface area contributed by atoms with E-state index in [0.717, 1.165) is 12.1 Å². The van der Waals surface area contributed by atoms with Crippen molar-refractivity contribution in [3.63, 3.8) is 0 Å². The third-order valence-electron chi connectivity index (χ3n) is 2.31. The van der Waals surface area contributed by atoms with Crippen molar-refractivity contribution in [1.29, 1.82) is 0 Å². The van der Waals surface area contributed by atoms with Gasteiger partial charge in [-0.15, -0.1) is 0 Å². The number of fused-ring (bicyclic) bond motifs is 1. The van der Waals surface area contributed by atoms with Crippen LogP contribution >= 0.6 is 0 Å². The highest BCUT2D eigenvalue weighted by molar-refractivity contribution is 5.60. The highest BCUT2D eigenvalue weighted by atomic mass is 14.5. The number of nitrogens with two attached hydrogens (primary N) is 1. The van der Waals surface area contributed by atoms with Crippen molar-refractivity contribution in [2.75, 3.05) is 5.73 Å². The van der Waals surface area contributed by atoms with Gasteiger partial charge in [0.2, 0.25) is 0 Å². The summed E-state index contributed by atoms with van der Waals surface area (Å²) >= 11 is 0. The van der Waals surface area contributed by atoms with E-state index in [1.54, 1.807) is 0 Å². The lowest BCUT2D eigenvalue weighted by atomic mass is 9.91. The quantitative estimate of drug-likeness (QED) is 0.578. The molecular weight excluding hydrogens is 146 g/mol. The Bertz CT molecular complexity index is 326. The lowest BCUT2D eigenvalue weighted by Crippen LogP contribution is -2.03. The van der Waals surface area contributed by atoms with Gasteiger partial charge in [-0.1, -0.05) is 25.1 Å². The van der Waals surface area contributed by atoms with Gasteiger partial charge in [-0.25, -0.2) is 0 Å². The molecule has 0 saturated heterocycles. The predicted molar refractivity (Wildman–Crippen MR) is 52.8 cm³/mol. The molecule has 2 rings (SSSR count). The van der Waals surface area contributed by atoms with Crippen LogP contribution in [0.25, 0.3) is 6.08 Å². The van der Waals surface area contributed by atoms with Crippen LogP contribution in [0.2, 0.25) is 0 Å². The molecule has 0 amide bonds. The van der Waals surface area contributed by atoms with E-state index >= 15 is 0 Å². The van der Waals surface area contributed by atoms with Gasteiger partial charge in [-0.3, -0.25) is 0 Å². The summed E-state index contributed by atoms with van der Waals surface area (Å²) in [6.45, 7) is 2.22. The lowest BCUT2D eigenvalue weighted by molar-refractivity contribution is 0.717. The number of anilines is 1. The van der Waals surface area contributed by atoms with Crippen molar-refractivity contribution in [2.45, 2.75) is 13.3 Å². The molecule has 0 aliphatic heterocycles. The summed E-state index contributed by atoms with van der Waals surface area (Å²) in [5.74, 6) is 0.652. The Morgan fingerprint density at radius 2 is 2.25 bits per heavy atom. The maximum atomic E-state index is 5.70. The molecule has 0 bridgehead atoms. The Labute approximate surface area is 72.9 Å². The molecule has 62 valence electrons. The van der Waals surface area contributed by atoms with Gasteiger partial charge < -0.3 is 5.73 Å². The van der Waals surface area contributed by atoms with Gasteiger partial charge in [0.05, 0.1) is 0 Å². The van der Waals surface area contributed by atoms with Crippen molar-refractivity contribution in [2.24, 2.45) is 5.92 Å². The largest absolute Gasteiger partial charge is 0.399 e. The van der Waals surface area contributed by atoms with E-state index in [0.29, 0.717) is 5.92 Å². The molecule has 12 heavy (non-hydrogen) atoms. The zero-order valence-electron chi connectivity index (χ0n) is 7.25. The van der Waals surface area contributed by atoms with Crippen LogP contribution in [0.1, 0.15) is 18.1 Å². The first-order chi connectivity index (χ1) is 5.75. The molecule has 1 atom stereocenters. The van der Waals surface area contributed by atoms with Crippen LogP contribution in [0.5, 0.6) is 0 Å². The molecule has 1 nitrogen and oxygen atoms in total. The number of hydrogen-bond donors (Lipinski definition) is 1. The highest BCUT2D eigenvalue weighted by Gasteiger charge is 2.08. The molecule has 0 heterocycles. The minimum absolute atomic E-state index is 0.652. The van der Waals surface area contributed by atoms with Gasteiger partial charge >= 0.3 is 0 Å². The average molecular weight is 159 g/mol. The van der Waals surface area contributed by atoms with Crippen LogP contribution < -0.4 is 5.73 Å². The molecule has 0 aromatic heterocycles. The molecule has 1 aromatic rings. The van der Waals surface area contributed by atoms with E-state index < -0.39 is 0 Å². The first-order valence-corrected chi connectivity index (χ1v) is 4.32. The summed E-state index contributed by atoms with van der Waals surface area (Å²) in [6.07, 6.45) is 5.55. The Balaban J connectivity index is 2.47. The minimum atomic E-state index is 0.652. The van der Waals surface area contributed by atoms with Crippen molar-refractivity contribution < 1.29 is 0 Å². The first kappa shape index (κ1) is 7.41. The Hall–Kier alpha value is -1.24. The Morgan fingerprint density at radius 3 is 3.08 bits per heavy atom. The Kier molecular flexibility index (Phi) is 1.65. The van der Waals surface area contributed by atoms with E-state index in [1.165, 1.54) is 11.1 Å². The molecule has 1 aliphatic carbocycles. The first-order valence-electron chi connectivity index (χ1n) is 4.32. The van der Waals surface area contributed by atoms with E-state index in [4.69, 9.17) is 5.73 Å². The van der Waals surface area contributed by atoms with Crippen LogP contribution in [0, 0.1) is 5.92 Å². The van der Waals surface area contributed by atoms with Gasteiger partial charge in [0.1, 0.15) is 0 Å². The number of hydrogen-bond acceptors (Lipinski definition) is 1. The summed E-state index contributed by atoms with van der Waals surface area (Å²) in [5, 5.41) is 0. The van der Waals surface area contributed by atoms with Crippen LogP contribution in [-0.2, 0) is 6.42 Å². The monoisotopic (exact) mass is 159 g/mol. The van der Waals surface area contributed by atoms with Crippen LogP contribution in [0.15, 0.2) is 24.3 Å². The smallest absolute Gasteiger partial charge is 0.0317 e. The van der Waals surface area contributed by atoms with Crippen molar-refractivity contribution in [1.82, 2.24) is 0 Å². The molecule has 0 spiro atoms. The zero-order chi connectivity index (χ0) is 8.55. The van der Waals surface area contributed by atoms with Crippen molar-refractivity contribution >= 4 is 11.8 Å². The van der Waals surface area contributed by atoms with Gasteiger partial charge in [0.15, 0.2) is 0 Å². The summed E-state index contributed by atoms with van der Waals surface area (Å²) in [5.41, 5.74) is 9.28. The summed E-state index contributed by atoms with van der Waals surface area (Å²) in [6, 6.07) is 6.13. The number of rotatable bonds is 0. The van der Waals surface area contributed by atoms with Gasteiger partial charge in [0.25, 0.3) is 0 Å². The molecule has 2 N–H and O–H groups in total. The van der Waals surface area contributed by atoms with E-state index in [9.17, 15) is 0 Å². The van der Waals surface area contributed by atoms with E-state index in [-0.39, 0.29) is 0 Å². The van der Waals surface area contributed by atoms with Crippen molar-refractivity contribution in [3.05, 3.63) is 35.4 Å². The van der Waals surface area contributed by atoms with Gasteiger partial charge in [-0.05, 0) is 35.6 Å². The number of allylic oxidation sites excluding steroid dienone is 1. The molecular formula is C11H13N. The normalized spacial score (nSPS) is 20.6. The third-order valence-corrected chi connectivity index (χ3v) is 2.31. The summed E-state index contributed by atoms with van der Waals surface area (Å²) in [7, 11) is 0. The molecule has 0 saturated carbocycles. The second-order valence-corrected chi connectivity index (χ2v) is 3.50. The SMILES string of the molecule is CC1C=Cc2ccc(N)cc2C1. The van der Waals surface area contributed by atoms with Gasteiger partial charge in [0, 0.05) is 5.69 Å². The fraction of sp³-hybridized carbons (Fsp3) is 0.273. The number of nitrogen functional groups attached to an aromatic ring is 1. The topological polar surface area (TPSA) is 26.0 Å². The minimum Gasteiger partial charge on any atom is -0.399 e. The molecule has 1 aliphatic rings. The van der Waals surface area contributed by atoms with Crippen molar-refractivity contribution in [3.8, 4) is 0 Å². The molecule has 0 fully saturated rings. The predicted octanol–water partition coefficient (Wildman–Crippen LogP) is 2.47. The summed E-state index contributed by atoms with van der Waals surface area (Å²) < 4.78 is 0. The van der Waals surface area contributed by atoms with E-state index in [1.807, 2.05) is 6.07 Å². The van der Waals surface area contributed by atoms with Gasteiger partial charge in [-0.2, -0.15) is 0 Å². The summed E-state index contributed by atoms with van der Waals surface area (Å²) in [4.78, 5) is 0. The number of benzene rings is 1. The second-order valence-electron chi connectivity index (χ2n) is 3.50. The fourth-order valence-corrected chi connectivity index (χ4v) is 1.65. The molecule has 1 unspecified atom stereocenters. The zero-order valence-corrected chi connectivity index (χ0v) is 7.25. The van der Waals surface area contributed by atoms with Crippen LogP contribution in [0.3, 0.4) is 0 Å². The lowest BCUT2D eigenvalue weighted by Gasteiger charge is -2.15.